The number of benzene rings is 2. The maximum Gasteiger partial charge on any atom is 0.387 e. The van der Waals surface area contributed by atoms with Gasteiger partial charge in [-0.25, -0.2) is 0 Å². The van der Waals surface area contributed by atoms with E-state index in [4.69, 9.17) is 4.74 Å². The van der Waals surface area contributed by atoms with Gasteiger partial charge in [0.15, 0.2) is 0 Å². The number of carbonyl (C=O) groups excluding carboxylic acids is 1. The average Bonchev–Trinajstić information content (AvgIpc) is 2.67. The first-order valence-corrected chi connectivity index (χ1v) is 9.02. The third-order valence-corrected chi connectivity index (χ3v) is 4.94. The molecule has 1 aliphatic rings. The van der Waals surface area contributed by atoms with Crippen LogP contribution in [0.25, 0.3) is 10.8 Å². The van der Waals surface area contributed by atoms with Gasteiger partial charge in [0.25, 0.3) is 5.91 Å². The second-order valence-electron chi connectivity index (χ2n) is 6.68. The lowest BCUT2D eigenvalue weighted by molar-refractivity contribution is -0.144. The molecule has 0 bridgehead atoms. The molecule has 1 unspecified atom stereocenters. The first kappa shape index (κ1) is 20.0. The summed E-state index contributed by atoms with van der Waals surface area (Å²) in [6.45, 7) is -2.21. The van der Waals surface area contributed by atoms with E-state index in [9.17, 15) is 23.5 Å². The summed E-state index contributed by atoms with van der Waals surface area (Å²) in [6.07, 6.45) is 1.20. The molecular weight excluding hydrogens is 372 g/mol. The van der Waals surface area contributed by atoms with Gasteiger partial charge in [0, 0.05) is 19.8 Å². The molecule has 150 valence electrons. The predicted octanol–water partition coefficient (Wildman–Crippen LogP) is 3.30. The van der Waals surface area contributed by atoms with Crippen LogP contribution in [-0.4, -0.2) is 43.4 Å². The quantitative estimate of drug-likeness (QED) is 0.754. The predicted molar refractivity (Wildman–Crippen MR) is 97.6 cm³/mol. The SMILES string of the molecule is O=C(NCC(C(=O)O)C1CCOCC1)c1cc2ccccc2cc1OC(F)F. The van der Waals surface area contributed by atoms with E-state index in [1.165, 1.54) is 12.1 Å². The fraction of sp³-hybridized carbons (Fsp3) is 0.400. The van der Waals surface area contributed by atoms with Gasteiger partial charge in [0.1, 0.15) is 5.75 Å². The summed E-state index contributed by atoms with van der Waals surface area (Å²) in [5, 5.41) is 13.4. The van der Waals surface area contributed by atoms with Gasteiger partial charge in [-0.1, -0.05) is 24.3 Å². The minimum atomic E-state index is -3.08. The number of carbonyl (C=O) groups is 2. The normalized spacial score (nSPS) is 16.1. The summed E-state index contributed by atoms with van der Waals surface area (Å²) in [4.78, 5) is 24.3. The molecule has 2 N–H and O–H groups in total. The summed E-state index contributed by atoms with van der Waals surface area (Å²) in [5.41, 5.74) is -0.0601. The van der Waals surface area contributed by atoms with E-state index in [1.54, 1.807) is 24.3 Å². The zero-order valence-corrected chi connectivity index (χ0v) is 15.1. The van der Waals surface area contributed by atoms with Crippen molar-refractivity contribution in [3.05, 3.63) is 42.0 Å². The number of alkyl halides is 2. The molecule has 0 spiro atoms. The highest BCUT2D eigenvalue weighted by Crippen LogP contribution is 2.28. The Morgan fingerprint density at radius 1 is 1.18 bits per heavy atom. The smallest absolute Gasteiger partial charge is 0.387 e. The molecule has 2 aromatic carbocycles. The van der Waals surface area contributed by atoms with Crippen LogP contribution in [0.15, 0.2) is 36.4 Å². The zero-order chi connectivity index (χ0) is 20.1. The van der Waals surface area contributed by atoms with Gasteiger partial charge in [-0.3, -0.25) is 9.59 Å². The molecule has 1 heterocycles. The van der Waals surface area contributed by atoms with Gasteiger partial charge in [-0.2, -0.15) is 8.78 Å². The number of carboxylic acid groups (broad SMARTS) is 1. The Labute approximate surface area is 160 Å². The molecular formula is C20H21F2NO5. The second-order valence-corrected chi connectivity index (χ2v) is 6.68. The van der Waals surface area contributed by atoms with Crippen LogP contribution >= 0.6 is 0 Å². The van der Waals surface area contributed by atoms with Crippen LogP contribution in [0, 0.1) is 11.8 Å². The lowest BCUT2D eigenvalue weighted by atomic mass is 9.86. The topological polar surface area (TPSA) is 84.9 Å². The van der Waals surface area contributed by atoms with Crippen molar-refractivity contribution in [2.45, 2.75) is 19.5 Å². The van der Waals surface area contributed by atoms with E-state index in [0.717, 1.165) is 0 Å². The largest absolute Gasteiger partial charge is 0.481 e. The van der Waals surface area contributed by atoms with Crippen molar-refractivity contribution in [2.75, 3.05) is 19.8 Å². The number of hydrogen-bond donors (Lipinski definition) is 2. The lowest BCUT2D eigenvalue weighted by Crippen LogP contribution is -2.39. The van der Waals surface area contributed by atoms with Crippen molar-refractivity contribution in [2.24, 2.45) is 11.8 Å². The first-order chi connectivity index (χ1) is 13.5. The van der Waals surface area contributed by atoms with Gasteiger partial charge in [0.2, 0.25) is 0 Å². The van der Waals surface area contributed by atoms with Crippen molar-refractivity contribution < 1.29 is 33.0 Å². The number of carboxylic acids is 1. The molecule has 0 aromatic heterocycles. The molecule has 1 amide bonds. The monoisotopic (exact) mass is 393 g/mol. The molecule has 0 saturated carbocycles. The maximum absolute atomic E-state index is 12.8. The number of halogens is 2. The minimum absolute atomic E-state index is 0.0601. The van der Waals surface area contributed by atoms with E-state index < -0.39 is 24.4 Å². The third-order valence-electron chi connectivity index (χ3n) is 4.94. The molecule has 3 rings (SSSR count). The van der Waals surface area contributed by atoms with E-state index >= 15 is 0 Å². The first-order valence-electron chi connectivity index (χ1n) is 9.02. The van der Waals surface area contributed by atoms with Crippen LogP contribution in [-0.2, 0) is 9.53 Å². The van der Waals surface area contributed by atoms with Crippen molar-refractivity contribution in [3.63, 3.8) is 0 Å². The van der Waals surface area contributed by atoms with Gasteiger partial charge in [-0.15, -0.1) is 0 Å². The van der Waals surface area contributed by atoms with E-state index in [1.807, 2.05) is 0 Å². The van der Waals surface area contributed by atoms with Crippen LogP contribution in [0.5, 0.6) is 5.75 Å². The molecule has 6 nitrogen and oxygen atoms in total. The number of hydrogen-bond acceptors (Lipinski definition) is 4. The number of ether oxygens (including phenoxy) is 2. The average molecular weight is 393 g/mol. The minimum Gasteiger partial charge on any atom is -0.481 e. The van der Waals surface area contributed by atoms with Crippen molar-refractivity contribution in [1.82, 2.24) is 5.32 Å². The highest BCUT2D eigenvalue weighted by Gasteiger charge is 2.30. The van der Waals surface area contributed by atoms with Gasteiger partial charge >= 0.3 is 12.6 Å². The highest BCUT2D eigenvalue weighted by molar-refractivity contribution is 6.01. The number of nitrogens with one attached hydrogen (secondary N) is 1. The van der Waals surface area contributed by atoms with Crippen LogP contribution in [0.2, 0.25) is 0 Å². The Morgan fingerprint density at radius 3 is 2.43 bits per heavy atom. The summed E-state index contributed by atoms with van der Waals surface area (Å²) in [7, 11) is 0. The van der Waals surface area contributed by atoms with Crippen LogP contribution in [0.3, 0.4) is 0 Å². The molecule has 1 atom stereocenters. The summed E-state index contributed by atoms with van der Waals surface area (Å²) < 4.78 is 35.3. The standard InChI is InChI=1S/C20H21F2NO5/c21-20(22)28-17-10-14-4-2-1-3-13(14)9-15(17)18(24)23-11-16(19(25)26)12-5-7-27-8-6-12/h1-4,9-10,12,16,20H,5-8,11H2,(H,23,24)(H,25,26). The molecule has 0 radical (unpaired) electrons. The van der Waals surface area contributed by atoms with Crippen molar-refractivity contribution in [3.8, 4) is 5.75 Å². The van der Waals surface area contributed by atoms with E-state index in [2.05, 4.69) is 10.1 Å². The van der Waals surface area contributed by atoms with Crippen molar-refractivity contribution >= 4 is 22.6 Å². The van der Waals surface area contributed by atoms with Crippen LogP contribution in [0.4, 0.5) is 8.78 Å². The Morgan fingerprint density at radius 2 is 1.82 bits per heavy atom. The summed E-state index contributed by atoms with van der Waals surface area (Å²) in [6, 6.07) is 9.83. The number of fused-ring (bicyclic) bond motifs is 1. The second kappa shape index (κ2) is 8.97. The van der Waals surface area contributed by atoms with Gasteiger partial charge in [-0.05, 0) is 41.7 Å². The van der Waals surface area contributed by atoms with Crippen LogP contribution in [0.1, 0.15) is 23.2 Å². The molecule has 1 aliphatic heterocycles. The Bertz CT molecular complexity index is 852. The highest BCUT2D eigenvalue weighted by atomic mass is 19.3. The fourth-order valence-corrected chi connectivity index (χ4v) is 3.46. The lowest BCUT2D eigenvalue weighted by Gasteiger charge is -2.27. The van der Waals surface area contributed by atoms with E-state index in [-0.39, 0.29) is 23.8 Å². The molecule has 2 aromatic rings. The molecule has 28 heavy (non-hydrogen) atoms. The number of rotatable bonds is 7. The zero-order valence-electron chi connectivity index (χ0n) is 15.1. The summed E-state index contributed by atoms with van der Waals surface area (Å²) in [5.74, 6) is -2.79. The summed E-state index contributed by atoms with van der Waals surface area (Å²) >= 11 is 0. The Balaban J connectivity index is 1.80. The third kappa shape index (κ3) is 4.75. The van der Waals surface area contributed by atoms with Crippen LogP contribution < -0.4 is 10.1 Å². The molecule has 8 heteroatoms. The number of aliphatic carboxylic acids is 1. The maximum atomic E-state index is 12.8. The molecule has 1 fully saturated rings. The Kier molecular flexibility index (Phi) is 6.41. The van der Waals surface area contributed by atoms with E-state index in [0.29, 0.717) is 36.8 Å². The number of amides is 1. The van der Waals surface area contributed by atoms with Gasteiger partial charge < -0.3 is 19.9 Å². The van der Waals surface area contributed by atoms with Gasteiger partial charge in [0.05, 0.1) is 11.5 Å². The molecule has 1 saturated heterocycles. The Hall–Kier alpha value is -2.74. The molecule has 0 aliphatic carbocycles. The van der Waals surface area contributed by atoms with Crippen molar-refractivity contribution in [1.29, 1.82) is 0 Å². The fourth-order valence-electron chi connectivity index (χ4n) is 3.46.